The van der Waals surface area contributed by atoms with Crippen molar-refractivity contribution in [2.24, 2.45) is 17.6 Å². The number of carbonyl (C=O) groups excluding carboxylic acids is 2. The zero-order valence-electron chi connectivity index (χ0n) is 12.0. The van der Waals surface area contributed by atoms with Crippen LogP contribution in [0.2, 0.25) is 0 Å². The van der Waals surface area contributed by atoms with Crippen LogP contribution in [0.15, 0.2) is 0 Å². The molecule has 0 saturated heterocycles. The number of amides is 1. The van der Waals surface area contributed by atoms with Crippen molar-refractivity contribution in [3.63, 3.8) is 0 Å². The molecule has 3 N–H and O–H groups in total. The Morgan fingerprint density at radius 1 is 1.28 bits per heavy atom. The van der Waals surface area contributed by atoms with Crippen LogP contribution >= 0.6 is 0 Å². The molecule has 106 valence electrons. The first kappa shape index (κ1) is 16.9. The Morgan fingerprint density at radius 2 is 1.83 bits per heavy atom. The van der Waals surface area contributed by atoms with Crippen molar-refractivity contribution < 1.29 is 14.3 Å². The predicted octanol–water partition coefficient (Wildman–Crippen LogP) is 1.06. The summed E-state index contributed by atoms with van der Waals surface area (Å²) in [6.45, 7) is 7.86. The van der Waals surface area contributed by atoms with Crippen molar-refractivity contribution in [2.75, 3.05) is 7.11 Å². The second-order valence-corrected chi connectivity index (χ2v) is 5.13. The first-order valence-electron chi connectivity index (χ1n) is 6.47. The zero-order chi connectivity index (χ0) is 14.3. The van der Waals surface area contributed by atoms with Crippen LogP contribution in [-0.4, -0.2) is 31.1 Å². The fourth-order valence-corrected chi connectivity index (χ4v) is 1.61. The molecule has 3 unspecified atom stereocenters. The number of nitrogens with one attached hydrogen (secondary N) is 1. The quantitative estimate of drug-likeness (QED) is 0.669. The number of esters is 1. The molecule has 0 spiro atoms. The van der Waals surface area contributed by atoms with E-state index in [1.165, 1.54) is 7.11 Å². The van der Waals surface area contributed by atoms with E-state index in [1.807, 2.05) is 27.7 Å². The van der Waals surface area contributed by atoms with Gasteiger partial charge in [-0.2, -0.15) is 0 Å². The van der Waals surface area contributed by atoms with Gasteiger partial charge in [-0.05, 0) is 18.3 Å². The van der Waals surface area contributed by atoms with Crippen LogP contribution in [0.1, 0.15) is 40.5 Å². The topological polar surface area (TPSA) is 81.4 Å². The lowest BCUT2D eigenvalue weighted by Crippen LogP contribution is -2.51. The normalized spacial score (nSPS) is 15.9. The lowest BCUT2D eigenvalue weighted by Gasteiger charge is -2.23. The number of ether oxygens (including phenoxy) is 1. The van der Waals surface area contributed by atoms with E-state index in [1.54, 1.807) is 0 Å². The molecule has 0 aromatic heterocycles. The molecule has 0 aromatic carbocycles. The Bertz CT molecular complexity index is 279. The lowest BCUT2D eigenvalue weighted by atomic mass is 9.98. The average molecular weight is 258 g/mol. The maximum absolute atomic E-state index is 11.9. The zero-order valence-corrected chi connectivity index (χ0v) is 12.0. The Kier molecular flexibility index (Phi) is 7.59. The van der Waals surface area contributed by atoms with Gasteiger partial charge in [0.25, 0.3) is 0 Å². The smallest absolute Gasteiger partial charge is 0.328 e. The van der Waals surface area contributed by atoms with Gasteiger partial charge in [0, 0.05) is 0 Å². The van der Waals surface area contributed by atoms with Crippen LogP contribution in [0.25, 0.3) is 0 Å². The van der Waals surface area contributed by atoms with Crippen LogP contribution in [-0.2, 0) is 14.3 Å². The molecule has 5 nitrogen and oxygen atoms in total. The maximum Gasteiger partial charge on any atom is 0.328 e. The van der Waals surface area contributed by atoms with Crippen LogP contribution in [0.4, 0.5) is 0 Å². The Hall–Kier alpha value is -1.10. The van der Waals surface area contributed by atoms with Gasteiger partial charge in [-0.15, -0.1) is 0 Å². The molecule has 1 amide bonds. The lowest BCUT2D eigenvalue weighted by molar-refractivity contribution is -0.145. The highest BCUT2D eigenvalue weighted by atomic mass is 16.5. The van der Waals surface area contributed by atoms with Gasteiger partial charge in [0.1, 0.15) is 6.04 Å². The summed E-state index contributed by atoms with van der Waals surface area (Å²) in [6, 6.07) is -1.20. The summed E-state index contributed by atoms with van der Waals surface area (Å²) in [6.07, 6.45) is 1.37. The number of hydrogen-bond acceptors (Lipinski definition) is 4. The van der Waals surface area contributed by atoms with Crippen molar-refractivity contribution in [3.8, 4) is 0 Å². The van der Waals surface area contributed by atoms with Gasteiger partial charge in [0.2, 0.25) is 5.91 Å². The van der Waals surface area contributed by atoms with E-state index in [-0.39, 0.29) is 17.7 Å². The van der Waals surface area contributed by atoms with Crippen molar-refractivity contribution in [1.82, 2.24) is 5.32 Å². The molecule has 0 aliphatic carbocycles. The molecule has 0 heterocycles. The molecule has 0 aliphatic rings. The summed E-state index contributed by atoms with van der Waals surface area (Å²) in [7, 11) is 1.32. The van der Waals surface area contributed by atoms with E-state index < -0.39 is 18.1 Å². The highest BCUT2D eigenvalue weighted by molar-refractivity contribution is 5.87. The summed E-state index contributed by atoms with van der Waals surface area (Å²) in [5.74, 6) is -0.342. The third-order valence-electron chi connectivity index (χ3n) is 3.07. The summed E-state index contributed by atoms with van der Waals surface area (Å²) in [5, 5.41) is 2.68. The van der Waals surface area contributed by atoms with Crippen molar-refractivity contribution >= 4 is 11.9 Å². The van der Waals surface area contributed by atoms with E-state index in [2.05, 4.69) is 10.1 Å². The maximum atomic E-state index is 11.9. The molecule has 0 bridgehead atoms. The molecule has 0 aliphatic heterocycles. The molecule has 0 aromatic rings. The minimum Gasteiger partial charge on any atom is -0.467 e. The highest BCUT2D eigenvalue weighted by Crippen LogP contribution is 2.09. The van der Waals surface area contributed by atoms with Crippen LogP contribution in [0.3, 0.4) is 0 Å². The Labute approximate surface area is 109 Å². The molecule has 3 atom stereocenters. The molecule has 18 heavy (non-hydrogen) atoms. The monoisotopic (exact) mass is 258 g/mol. The summed E-state index contributed by atoms with van der Waals surface area (Å²) >= 11 is 0. The van der Waals surface area contributed by atoms with Crippen molar-refractivity contribution in [1.29, 1.82) is 0 Å². The van der Waals surface area contributed by atoms with Gasteiger partial charge in [0.05, 0.1) is 13.2 Å². The highest BCUT2D eigenvalue weighted by Gasteiger charge is 2.26. The molecule has 0 rings (SSSR count). The van der Waals surface area contributed by atoms with Gasteiger partial charge in [-0.3, -0.25) is 4.79 Å². The third kappa shape index (κ3) is 5.49. The van der Waals surface area contributed by atoms with E-state index in [0.29, 0.717) is 6.42 Å². The predicted molar refractivity (Wildman–Crippen MR) is 70.8 cm³/mol. The van der Waals surface area contributed by atoms with Gasteiger partial charge < -0.3 is 15.8 Å². The minimum atomic E-state index is -0.613. The van der Waals surface area contributed by atoms with Gasteiger partial charge in [-0.1, -0.05) is 34.1 Å². The number of carbonyl (C=O) groups is 2. The SMILES string of the molecule is CCC(C)C(N)C(=O)NC(CC(C)C)C(=O)OC. The summed E-state index contributed by atoms with van der Waals surface area (Å²) < 4.78 is 4.69. The van der Waals surface area contributed by atoms with Gasteiger partial charge in [-0.25, -0.2) is 4.79 Å². The number of rotatable bonds is 7. The van der Waals surface area contributed by atoms with Gasteiger partial charge in [0.15, 0.2) is 0 Å². The van der Waals surface area contributed by atoms with Crippen molar-refractivity contribution in [2.45, 2.75) is 52.6 Å². The molecule has 5 heteroatoms. The Balaban J connectivity index is 4.57. The Morgan fingerprint density at radius 3 is 2.22 bits per heavy atom. The number of nitrogens with two attached hydrogens (primary N) is 1. The molecule has 0 fully saturated rings. The molecule has 0 radical (unpaired) electrons. The fourth-order valence-electron chi connectivity index (χ4n) is 1.61. The second-order valence-electron chi connectivity index (χ2n) is 5.13. The standard InChI is InChI=1S/C13H26N2O3/c1-6-9(4)11(14)12(16)15-10(7-8(2)3)13(17)18-5/h8-11H,6-7,14H2,1-5H3,(H,15,16). The molecule has 0 saturated carbocycles. The average Bonchev–Trinajstić information content (AvgIpc) is 2.34. The van der Waals surface area contributed by atoms with E-state index in [0.717, 1.165) is 6.42 Å². The fraction of sp³-hybridized carbons (Fsp3) is 0.846. The third-order valence-corrected chi connectivity index (χ3v) is 3.07. The van der Waals surface area contributed by atoms with Crippen LogP contribution in [0, 0.1) is 11.8 Å². The van der Waals surface area contributed by atoms with Crippen molar-refractivity contribution in [3.05, 3.63) is 0 Å². The minimum absolute atomic E-state index is 0.0855. The summed E-state index contributed by atoms with van der Waals surface area (Å²) in [4.78, 5) is 23.5. The first-order chi connectivity index (χ1) is 8.33. The van der Waals surface area contributed by atoms with E-state index >= 15 is 0 Å². The summed E-state index contributed by atoms with van der Waals surface area (Å²) in [5.41, 5.74) is 5.83. The van der Waals surface area contributed by atoms with Crippen LogP contribution < -0.4 is 11.1 Å². The number of hydrogen-bond donors (Lipinski definition) is 2. The number of methoxy groups -OCH3 is 1. The van der Waals surface area contributed by atoms with E-state index in [9.17, 15) is 9.59 Å². The second kappa shape index (κ2) is 8.08. The molecular formula is C13H26N2O3. The van der Waals surface area contributed by atoms with Crippen LogP contribution in [0.5, 0.6) is 0 Å². The van der Waals surface area contributed by atoms with E-state index in [4.69, 9.17) is 5.73 Å². The largest absolute Gasteiger partial charge is 0.467 e. The molecular weight excluding hydrogens is 232 g/mol. The first-order valence-corrected chi connectivity index (χ1v) is 6.47. The van der Waals surface area contributed by atoms with Gasteiger partial charge >= 0.3 is 5.97 Å².